The number of fused-ring (bicyclic) bond motifs is 1. The predicted octanol–water partition coefficient (Wildman–Crippen LogP) is 6.81. The Labute approximate surface area is 263 Å². The molecule has 11 heteroatoms. The van der Waals surface area contributed by atoms with Gasteiger partial charge >= 0.3 is 12.1 Å². The number of rotatable bonds is 8. The summed E-state index contributed by atoms with van der Waals surface area (Å²) in [5.74, 6) is 1.55. The normalized spacial score (nSPS) is 14.2. The van der Waals surface area contributed by atoms with E-state index < -0.39 is 12.1 Å². The van der Waals surface area contributed by atoms with Gasteiger partial charge in [-0.2, -0.15) is 0 Å². The minimum atomic E-state index is -1.23. The minimum absolute atomic E-state index is 0.207. The molecule has 1 aliphatic heterocycles. The van der Waals surface area contributed by atoms with E-state index in [0.717, 1.165) is 54.8 Å². The lowest BCUT2D eigenvalue weighted by molar-refractivity contribution is 0.147. The van der Waals surface area contributed by atoms with Gasteiger partial charge in [-0.3, -0.25) is 15.2 Å². The van der Waals surface area contributed by atoms with Crippen LogP contribution in [-0.2, 0) is 12.0 Å². The average Bonchev–Trinajstić information content (AvgIpc) is 2.99. The predicted molar refractivity (Wildman–Crippen MR) is 177 cm³/mol. The van der Waals surface area contributed by atoms with Crippen molar-refractivity contribution in [2.24, 2.45) is 0 Å². The van der Waals surface area contributed by atoms with Crippen molar-refractivity contribution in [1.82, 2.24) is 14.8 Å². The number of anilines is 3. The summed E-state index contributed by atoms with van der Waals surface area (Å²) in [5, 5.41) is 19.1. The minimum Gasteiger partial charge on any atom is -0.492 e. The molecule has 4 N–H and O–H groups in total. The number of piperazine rings is 1. The molecule has 3 amide bonds. The number of pyridine rings is 1. The molecule has 1 aliphatic rings. The molecule has 1 fully saturated rings. The fraction of sp³-hybridized carbons (Fsp3) is 0.324. The fourth-order valence-corrected chi connectivity index (χ4v) is 5.30. The number of ether oxygens (including phenoxy) is 2. The van der Waals surface area contributed by atoms with E-state index in [9.17, 15) is 14.7 Å². The number of nitrogens with one attached hydrogen (secondary N) is 3. The average molecular weight is 613 g/mol. The number of hydrogen-bond acceptors (Lipinski definition) is 7. The van der Waals surface area contributed by atoms with Crippen LogP contribution in [0.2, 0.25) is 0 Å². The highest BCUT2D eigenvalue weighted by molar-refractivity contribution is 6.08. The molecule has 2 heterocycles. The quantitative estimate of drug-likeness (QED) is 0.171. The Bertz CT molecular complexity index is 1690. The van der Waals surface area contributed by atoms with Crippen molar-refractivity contribution in [2.45, 2.75) is 32.7 Å². The first-order valence-corrected chi connectivity index (χ1v) is 14.9. The van der Waals surface area contributed by atoms with Crippen molar-refractivity contribution in [1.29, 1.82) is 0 Å². The Kier molecular flexibility index (Phi) is 9.40. The molecule has 0 atom stereocenters. The van der Waals surface area contributed by atoms with Crippen molar-refractivity contribution < 1.29 is 24.2 Å². The van der Waals surface area contributed by atoms with E-state index in [1.807, 2.05) is 63.2 Å². The van der Waals surface area contributed by atoms with Gasteiger partial charge in [0.2, 0.25) is 0 Å². The third kappa shape index (κ3) is 7.81. The van der Waals surface area contributed by atoms with Gasteiger partial charge in [-0.25, -0.2) is 9.59 Å². The number of hydrogen-bond donors (Lipinski definition) is 4. The molecule has 3 aromatic carbocycles. The number of carboxylic acid groups (broad SMARTS) is 1. The molecule has 0 bridgehead atoms. The molecule has 0 saturated carbocycles. The van der Waals surface area contributed by atoms with Crippen LogP contribution in [-0.4, -0.2) is 72.4 Å². The van der Waals surface area contributed by atoms with E-state index in [2.05, 4.69) is 37.8 Å². The molecule has 0 radical (unpaired) electrons. The summed E-state index contributed by atoms with van der Waals surface area (Å²) < 4.78 is 11.8. The first-order chi connectivity index (χ1) is 21.5. The van der Waals surface area contributed by atoms with Crippen molar-refractivity contribution in [2.75, 3.05) is 56.3 Å². The zero-order chi connectivity index (χ0) is 32.1. The fourth-order valence-electron chi connectivity index (χ4n) is 5.30. The summed E-state index contributed by atoms with van der Waals surface area (Å²) in [5.41, 5.74) is 2.60. The SMILES string of the molecule is COc1c(NC(=O)O)cc(C(C)(C)C)cc1NC(=O)Nc1ccc(Oc2ccnc(CN3CCN(C)CC3)c2)c2ccccc12. The Morgan fingerprint density at radius 1 is 0.889 bits per heavy atom. The van der Waals surface area contributed by atoms with E-state index in [-0.39, 0.29) is 16.9 Å². The van der Waals surface area contributed by atoms with Gasteiger partial charge in [-0.05, 0) is 48.4 Å². The molecule has 0 spiro atoms. The van der Waals surface area contributed by atoms with Crippen molar-refractivity contribution in [3.8, 4) is 17.2 Å². The van der Waals surface area contributed by atoms with Gasteiger partial charge in [0.05, 0.1) is 29.9 Å². The second kappa shape index (κ2) is 13.4. The largest absolute Gasteiger partial charge is 0.492 e. The molecule has 0 aliphatic carbocycles. The maximum absolute atomic E-state index is 13.3. The van der Waals surface area contributed by atoms with Crippen molar-refractivity contribution in [3.05, 3.63) is 78.1 Å². The van der Waals surface area contributed by atoms with Crippen LogP contribution < -0.4 is 25.4 Å². The van der Waals surface area contributed by atoms with Crippen LogP contribution in [0.25, 0.3) is 10.8 Å². The number of likely N-dealkylation sites (N-methyl/N-ethyl adjacent to an activating group) is 1. The van der Waals surface area contributed by atoms with E-state index in [0.29, 0.717) is 22.9 Å². The topological polar surface area (TPSA) is 128 Å². The molecule has 236 valence electrons. The highest BCUT2D eigenvalue weighted by Gasteiger charge is 2.22. The molecular weight excluding hydrogens is 572 g/mol. The number of carbonyl (C=O) groups is 2. The Balaban J connectivity index is 1.36. The molecule has 11 nitrogen and oxygen atoms in total. The maximum Gasteiger partial charge on any atom is 0.409 e. The molecule has 4 aromatic rings. The maximum atomic E-state index is 13.3. The third-order valence-electron chi connectivity index (χ3n) is 7.78. The van der Waals surface area contributed by atoms with Gasteiger partial charge in [0.15, 0.2) is 5.75 Å². The van der Waals surface area contributed by atoms with Gasteiger partial charge in [-0.15, -0.1) is 0 Å². The van der Waals surface area contributed by atoms with Gasteiger partial charge in [0.1, 0.15) is 11.5 Å². The molecular formula is C34H40N6O5. The Morgan fingerprint density at radius 2 is 1.56 bits per heavy atom. The first kappa shape index (κ1) is 31.6. The molecule has 1 saturated heterocycles. The monoisotopic (exact) mass is 612 g/mol. The standard InChI is InChI=1S/C34H40N6O5/c1-34(2,3)22-18-28(31(44-5)29(19-22)38-33(42)43)37-32(41)36-27-10-11-30(26-9-7-6-8-25(26)27)45-24-12-13-35-23(20-24)21-40-16-14-39(4)15-17-40/h6-13,18-20,38H,14-17,21H2,1-5H3,(H,42,43)(H2,36,37,41). The molecule has 5 rings (SSSR count). The number of nitrogens with zero attached hydrogens (tertiary/aromatic N) is 3. The first-order valence-electron chi connectivity index (χ1n) is 14.9. The zero-order valence-corrected chi connectivity index (χ0v) is 26.3. The van der Waals surface area contributed by atoms with E-state index in [4.69, 9.17) is 9.47 Å². The number of benzene rings is 3. The van der Waals surface area contributed by atoms with Crippen LogP contribution >= 0.6 is 0 Å². The molecule has 45 heavy (non-hydrogen) atoms. The van der Waals surface area contributed by atoms with Gasteiger partial charge < -0.3 is 30.1 Å². The van der Waals surface area contributed by atoms with E-state index in [1.165, 1.54) is 7.11 Å². The number of aromatic nitrogens is 1. The third-order valence-corrected chi connectivity index (χ3v) is 7.78. The van der Waals surface area contributed by atoms with Crippen LogP contribution in [0.5, 0.6) is 17.2 Å². The highest BCUT2D eigenvalue weighted by atomic mass is 16.5. The summed E-state index contributed by atoms with van der Waals surface area (Å²) in [6, 6.07) is 18.1. The van der Waals surface area contributed by atoms with Crippen LogP contribution in [0.3, 0.4) is 0 Å². The molecule has 1 aromatic heterocycles. The van der Waals surface area contributed by atoms with Gasteiger partial charge in [0, 0.05) is 55.8 Å². The van der Waals surface area contributed by atoms with E-state index >= 15 is 0 Å². The van der Waals surface area contributed by atoms with Gasteiger partial charge in [0.25, 0.3) is 0 Å². The molecule has 0 unspecified atom stereocenters. The second-order valence-electron chi connectivity index (χ2n) is 12.2. The second-order valence-corrected chi connectivity index (χ2v) is 12.2. The summed E-state index contributed by atoms with van der Waals surface area (Å²) in [4.78, 5) is 34.1. The number of methoxy groups -OCH3 is 1. The Morgan fingerprint density at radius 3 is 2.22 bits per heavy atom. The lowest BCUT2D eigenvalue weighted by atomic mass is 9.86. The number of carbonyl (C=O) groups excluding carboxylic acids is 1. The van der Waals surface area contributed by atoms with Crippen molar-refractivity contribution >= 4 is 40.0 Å². The lowest BCUT2D eigenvalue weighted by Crippen LogP contribution is -2.43. The summed E-state index contributed by atoms with van der Waals surface area (Å²) in [7, 11) is 3.56. The van der Waals surface area contributed by atoms with E-state index in [1.54, 1.807) is 24.4 Å². The van der Waals surface area contributed by atoms with Crippen LogP contribution in [0.15, 0.2) is 66.9 Å². The summed E-state index contributed by atoms with van der Waals surface area (Å²) in [6.45, 7) is 10.9. The summed E-state index contributed by atoms with van der Waals surface area (Å²) in [6.07, 6.45) is 0.533. The van der Waals surface area contributed by atoms with Crippen LogP contribution in [0.4, 0.5) is 26.7 Å². The number of urea groups is 1. The van der Waals surface area contributed by atoms with Crippen LogP contribution in [0.1, 0.15) is 32.0 Å². The lowest BCUT2D eigenvalue weighted by Gasteiger charge is -2.32. The Hall–Kier alpha value is -4.87. The highest BCUT2D eigenvalue weighted by Crippen LogP contribution is 2.39. The zero-order valence-electron chi connectivity index (χ0n) is 26.3. The summed E-state index contributed by atoms with van der Waals surface area (Å²) >= 11 is 0. The van der Waals surface area contributed by atoms with Gasteiger partial charge in [-0.1, -0.05) is 45.0 Å². The van der Waals surface area contributed by atoms with Crippen molar-refractivity contribution in [3.63, 3.8) is 0 Å². The number of amides is 3. The van der Waals surface area contributed by atoms with Crippen LogP contribution in [0, 0.1) is 0 Å². The smallest absolute Gasteiger partial charge is 0.409 e.